The number of pyridine rings is 1. The number of aryl methyl sites for hydroxylation is 2. The minimum absolute atomic E-state index is 0.136. The van der Waals surface area contributed by atoms with Gasteiger partial charge in [0, 0.05) is 5.69 Å². The molecule has 0 saturated heterocycles. The number of nitrogens with zero attached hydrogens (tertiary/aromatic N) is 3. The van der Waals surface area contributed by atoms with Crippen molar-refractivity contribution in [2.45, 2.75) is 18.7 Å². The number of sulfonamides is 1. The van der Waals surface area contributed by atoms with Crippen LogP contribution in [0.1, 0.15) is 17.0 Å². The summed E-state index contributed by atoms with van der Waals surface area (Å²) in [6.07, 6.45) is 1.42. The van der Waals surface area contributed by atoms with Gasteiger partial charge in [0.2, 0.25) is 0 Å². The van der Waals surface area contributed by atoms with E-state index in [0.29, 0.717) is 28.5 Å². The first-order chi connectivity index (χ1) is 12.4. The lowest BCUT2D eigenvalue weighted by molar-refractivity contribution is 0.600. The minimum Gasteiger partial charge on any atom is -0.340 e. The Balaban J connectivity index is 1.74. The zero-order valence-corrected chi connectivity index (χ0v) is 14.9. The first kappa shape index (κ1) is 17.4. The third kappa shape index (κ3) is 3.65. The Morgan fingerprint density at radius 1 is 1.08 bits per heavy atom. The largest absolute Gasteiger partial charge is 0.340 e. The molecule has 26 heavy (non-hydrogen) atoms. The third-order valence-electron chi connectivity index (χ3n) is 3.63. The summed E-state index contributed by atoms with van der Waals surface area (Å²) in [6, 6.07) is 12.2. The van der Waals surface area contributed by atoms with Crippen molar-refractivity contribution in [1.29, 1.82) is 5.26 Å². The Morgan fingerprint density at radius 2 is 1.77 bits per heavy atom. The molecule has 0 aliphatic heterocycles. The number of nitriles is 1. The summed E-state index contributed by atoms with van der Waals surface area (Å²) in [4.78, 5) is 4.34. The first-order valence-corrected chi connectivity index (χ1v) is 9.15. The van der Waals surface area contributed by atoms with E-state index >= 15 is 0 Å². The number of aromatic nitrogens is 3. The van der Waals surface area contributed by atoms with Gasteiger partial charge in [0.25, 0.3) is 10.0 Å². The summed E-state index contributed by atoms with van der Waals surface area (Å²) >= 11 is 0. The van der Waals surface area contributed by atoms with Crippen molar-refractivity contribution < 1.29 is 8.42 Å². The quantitative estimate of drug-likeness (QED) is 0.636. The van der Waals surface area contributed by atoms with Gasteiger partial charge < -0.3 is 5.32 Å². The molecule has 0 fully saturated rings. The van der Waals surface area contributed by atoms with Crippen LogP contribution < -0.4 is 10.0 Å². The maximum Gasteiger partial charge on any atom is 0.265 e. The van der Waals surface area contributed by atoms with Crippen molar-refractivity contribution in [2.24, 2.45) is 0 Å². The molecule has 2 heterocycles. The van der Waals surface area contributed by atoms with E-state index in [1.807, 2.05) is 0 Å². The summed E-state index contributed by atoms with van der Waals surface area (Å²) in [6.45, 7) is 3.28. The van der Waals surface area contributed by atoms with Crippen LogP contribution in [0.5, 0.6) is 0 Å². The van der Waals surface area contributed by atoms with Crippen LogP contribution in [0.25, 0.3) is 0 Å². The van der Waals surface area contributed by atoms with Crippen molar-refractivity contribution in [2.75, 3.05) is 10.0 Å². The number of nitrogens with one attached hydrogen (secondary N) is 3. The Labute approximate surface area is 151 Å². The number of anilines is 3. The zero-order valence-electron chi connectivity index (χ0n) is 14.1. The van der Waals surface area contributed by atoms with E-state index in [4.69, 9.17) is 5.26 Å². The molecule has 3 N–H and O–H groups in total. The predicted molar refractivity (Wildman–Crippen MR) is 97.5 cm³/mol. The van der Waals surface area contributed by atoms with Gasteiger partial charge in [-0.05, 0) is 50.2 Å². The topological polar surface area (TPSA) is 124 Å². The summed E-state index contributed by atoms with van der Waals surface area (Å²) in [5, 5.41) is 18.4. The smallest absolute Gasteiger partial charge is 0.265 e. The van der Waals surface area contributed by atoms with Crippen LogP contribution in [0.3, 0.4) is 0 Å². The highest BCUT2D eigenvalue weighted by Crippen LogP contribution is 2.22. The van der Waals surface area contributed by atoms with E-state index in [0.717, 1.165) is 5.69 Å². The molecule has 9 heteroatoms. The molecule has 3 rings (SSSR count). The number of aromatic amines is 1. The average molecular weight is 368 g/mol. The fourth-order valence-electron chi connectivity index (χ4n) is 2.45. The molecular formula is C17H16N6O2S. The second kappa shape index (κ2) is 6.85. The predicted octanol–water partition coefficient (Wildman–Crippen LogP) is 2.84. The molecule has 132 valence electrons. The van der Waals surface area contributed by atoms with Crippen molar-refractivity contribution in [3.8, 4) is 6.07 Å². The lowest BCUT2D eigenvalue weighted by Crippen LogP contribution is -2.14. The molecule has 0 saturated carbocycles. The Bertz CT molecular complexity index is 1040. The van der Waals surface area contributed by atoms with Crippen LogP contribution in [0.4, 0.5) is 17.2 Å². The molecule has 1 aromatic carbocycles. The lowest BCUT2D eigenvalue weighted by atomic mass is 10.2. The van der Waals surface area contributed by atoms with Gasteiger partial charge in [0.05, 0.1) is 34.9 Å². The van der Waals surface area contributed by atoms with Gasteiger partial charge in [-0.1, -0.05) is 0 Å². The highest BCUT2D eigenvalue weighted by atomic mass is 32.2. The van der Waals surface area contributed by atoms with E-state index in [1.54, 1.807) is 50.2 Å². The molecule has 3 aromatic rings. The Kier molecular flexibility index (Phi) is 4.60. The van der Waals surface area contributed by atoms with E-state index in [2.05, 4.69) is 31.3 Å². The van der Waals surface area contributed by atoms with Crippen LogP contribution in [-0.2, 0) is 10.0 Å². The van der Waals surface area contributed by atoms with Crippen LogP contribution in [0, 0.1) is 25.2 Å². The van der Waals surface area contributed by atoms with Gasteiger partial charge >= 0.3 is 0 Å². The number of hydrogen-bond acceptors (Lipinski definition) is 6. The molecule has 0 aliphatic carbocycles. The van der Waals surface area contributed by atoms with Crippen LogP contribution in [-0.4, -0.2) is 23.6 Å². The van der Waals surface area contributed by atoms with Crippen LogP contribution in [0.15, 0.2) is 47.5 Å². The third-order valence-corrected chi connectivity index (χ3v) is 5.27. The summed E-state index contributed by atoms with van der Waals surface area (Å²) in [7, 11) is -3.75. The normalized spacial score (nSPS) is 11.0. The highest BCUT2D eigenvalue weighted by Gasteiger charge is 2.22. The van der Waals surface area contributed by atoms with Crippen molar-refractivity contribution in [1.82, 2.24) is 15.2 Å². The maximum atomic E-state index is 12.5. The molecule has 0 atom stereocenters. The van der Waals surface area contributed by atoms with E-state index < -0.39 is 10.0 Å². The molecule has 0 radical (unpaired) electrons. The van der Waals surface area contributed by atoms with Gasteiger partial charge in [-0.3, -0.25) is 9.82 Å². The summed E-state index contributed by atoms with van der Waals surface area (Å²) in [5.74, 6) is 0.549. The SMILES string of the molecule is Cc1n[nH]c(C)c1S(=O)(=O)Nc1ccc(Nc2ccc(C#N)cc2)nc1. The average Bonchev–Trinajstić information content (AvgIpc) is 2.96. The van der Waals surface area contributed by atoms with Gasteiger partial charge in [0.15, 0.2) is 0 Å². The Morgan fingerprint density at radius 3 is 2.31 bits per heavy atom. The van der Waals surface area contributed by atoms with Gasteiger partial charge in [-0.25, -0.2) is 13.4 Å². The zero-order chi connectivity index (χ0) is 18.7. The van der Waals surface area contributed by atoms with E-state index in [-0.39, 0.29) is 4.90 Å². The molecule has 0 bridgehead atoms. The fourth-order valence-corrected chi connectivity index (χ4v) is 3.86. The molecule has 2 aromatic heterocycles. The standard InChI is InChI=1S/C17H16N6O2S/c1-11-17(12(2)22-21-11)26(24,25)23-15-7-8-16(19-10-15)20-14-5-3-13(9-18)4-6-14/h3-8,10,23H,1-2H3,(H,19,20)(H,21,22). The molecular weight excluding hydrogens is 352 g/mol. The van der Waals surface area contributed by atoms with Gasteiger partial charge in [-0.2, -0.15) is 10.4 Å². The van der Waals surface area contributed by atoms with Gasteiger partial charge in [-0.15, -0.1) is 0 Å². The number of rotatable bonds is 5. The second-order valence-corrected chi connectivity index (χ2v) is 7.23. The number of H-pyrrole nitrogens is 1. The van der Waals surface area contributed by atoms with Crippen molar-refractivity contribution in [3.05, 3.63) is 59.5 Å². The Hall–Kier alpha value is -3.38. The monoisotopic (exact) mass is 368 g/mol. The number of hydrogen-bond donors (Lipinski definition) is 3. The minimum atomic E-state index is -3.75. The second-order valence-electron chi connectivity index (χ2n) is 5.61. The first-order valence-electron chi connectivity index (χ1n) is 7.66. The molecule has 0 unspecified atom stereocenters. The van der Waals surface area contributed by atoms with E-state index in [9.17, 15) is 8.42 Å². The van der Waals surface area contributed by atoms with Crippen molar-refractivity contribution >= 4 is 27.2 Å². The van der Waals surface area contributed by atoms with Crippen LogP contribution in [0.2, 0.25) is 0 Å². The van der Waals surface area contributed by atoms with E-state index in [1.165, 1.54) is 6.20 Å². The lowest BCUT2D eigenvalue weighted by Gasteiger charge is -2.09. The molecule has 0 spiro atoms. The maximum absolute atomic E-state index is 12.5. The summed E-state index contributed by atoms with van der Waals surface area (Å²) in [5.41, 5.74) is 2.56. The fraction of sp³-hybridized carbons (Fsp3) is 0.118. The molecule has 8 nitrogen and oxygen atoms in total. The highest BCUT2D eigenvalue weighted by molar-refractivity contribution is 7.92. The van der Waals surface area contributed by atoms with Crippen molar-refractivity contribution in [3.63, 3.8) is 0 Å². The molecule has 0 aliphatic rings. The molecule has 0 amide bonds. The van der Waals surface area contributed by atoms with Crippen LogP contribution >= 0.6 is 0 Å². The summed E-state index contributed by atoms with van der Waals surface area (Å²) < 4.78 is 27.5. The number of benzene rings is 1. The van der Waals surface area contributed by atoms with Gasteiger partial charge in [0.1, 0.15) is 10.7 Å².